The molecule has 7 heteroatoms. The van der Waals surface area contributed by atoms with Gasteiger partial charge in [-0.1, -0.05) is 36.4 Å². The summed E-state index contributed by atoms with van der Waals surface area (Å²) in [5.41, 5.74) is 8.21. The van der Waals surface area contributed by atoms with Gasteiger partial charge < -0.3 is 26.6 Å². The lowest BCUT2D eigenvalue weighted by Gasteiger charge is -2.28. The van der Waals surface area contributed by atoms with Gasteiger partial charge in [0.15, 0.2) is 0 Å². The number of aromatic nitrogens is 1. The van der Waals surface area contributed by atoms with E-state index < -0.39 is 6.10 Å². The van der Waals surface area contributed by atoms with Gasteiger partial charge >= 0.3 is 0 Å². The minimum Gasteiger partial charge on any atom is -0.508 e. The summed E-state index contributed by atoms with van der Waals surface area (Å²) in [5, 5.41) is 26.5. The minimum absolute atomic E-state index is 0.159. The van der Waals surface area contributed by atoms with Gasteiger partial charge in [-0.2, -0.15) is 0 Å². The average molecular weight is 435 g/mol. The van der Waals surface area contributed by atoms with E-state index in [1.54, 1.807) is 42.6 Å². The molecule has 0 spiro atoms. The monoisotopic (exact) mass is 434 g/mol. The van der Waals surface area contributed by atoms with Crippen molar-refractivity contribution in [2.24, 2.45) is 0 Å². The Morgan fingerprint density at radius 2 is 1.91 bits per heavy atom. The maximum Gasteiger partial charge on any atom is 0.251 e. The molecule has 1 atom stereocenters. The number of nitrogen functional groups attached to an aromatic ring is 1. The fourth-order valence-electron chi connectivity index (χ4n) is 3.44. The number of carbonyl (C=O) groups is 1. The van der Waals surface area contributed by atoms with Crippen LogP contribution in [0.25, 0.3) is 0 Å². The van der Waals surface area contributed by atoms with E-state index in [9.17, 15) is 15.0 Å². The Morgan fingerprint density at radius 1 is 1.12 bits per heavy atom. The van der Waals surface area contributed by atoms with Crippen LogP contribution in [0.5, 0.6) is 5.75 Å². The SMILES string of the molecule is CC(C)(Cc1cccc(C(=O)NCc2ccccc2O)c1)NC[C@@H](O)c1ccc(N)nc1. The number of aliphatic hydroxyl groups excluding tert-OH is 1. The van der Waals surface area contributed by atoms with E-state index >= 15 is 0 Å². The standard InChI is InChI=1S/C25H30N4O3/c1-25(2,29-16-22(31)20-10-11-23(26)27-14-20)13-17-6-5-8-18(12-17)24(32)28-15-19-7-3-4-9-21(19)30/h3-12,14,22,29-31H,13,15-16H2,1-2H3,(H2,26,27)(H,28,32)/t22-/m1/s1. The van der Waals surface area contributed by atoms with Gasteiger partial charge in [-0.05, 0) is 50.1 Å². The van der Waals surface area contributed by atoms with E-state index in [4.69, 9.17) is 5.73 Å². The highest BCUT2D eigenvalue weighted by Crippen LogP contribution is 2.18. The van der Waals surface area contributed by atoms with E-state index in [-0.39, 0.29) is 23.7 Å². The van der Waals surface area contributed by atoms with Crippen LogP contribution < -0.4 is 16.4 Å². The van der Waals surface area contributed by atoms with Crippen LogP contribution >= 0.6 is 0 Å². The third-order valence-corrected chi connectivity index (χ3v) is 5.23. The second kappa shape index (κ2) is 10.3. The number of benzene rings is 2. The summed E-state index contributed by atoms with van der Waals surface area (Å²) >= 11 is 0. The molecule has 1 heterocycles. The molecule has 0 aliphatic carbocycles. The maximum atomic E-state index is 12.6. The lowest BCUT2D eigenvalue weighted by molar-refractivity contribution is 0.0950. The first-order chi connectivity index (χ1) is 15.2. The second-order valence-corrected chi connectivity index (χ2v) is 8.49. The Balaban J connectivity index is 1.57. The number of para-hydroxylation sites is 1. The number of hydrogen-bond donors (Lipinski definition) is 5. The normalized spacial score (nSPS) is 12.3. The molecule has 1 amide bonds. The van der Waals surface area contributed by atoms with E-state index in [1.165, 1.54) is 0 Å². The average Bonchev–Trinajstić information content (AvgIpc) is 2.77. The van der Waals surface area contributed by atoms with Crippen molar-refractivity contribution in [3.8, 4) is 5.75 Å². The first-order valence-corrected chi connectivity index (χ1v) is 10.5. The molecule has 0 fully saturated rings. The second-order valence-electron chi connectivity index (χ2n) is 8.49. The third kappa shape index (κ3) is 6.54. The number of phenols is 1. The van der Waals surface area contributed by atoms with Gasteiger partial charge in [-0.15, -0.1) is 0 Å². The van der Waals surface area contributed by atoms with Gasteiger partial charge in [-0.3, -0.25) is 4.79 Å². The molecule has 168 valence electrons. The molecule has 0 unspecified atom stereocenters. The highest BCUT2D eigenvalue weighted by molar-refractivity contribution is 5.94. The predicted octanol–water partition coefficient (Wildman–Crippen LogP) is 2.94. The van der Waals surface area contributed by atoms with Crippen molar-refractivity contribution in [2.75, 3.05) is 12.3 Å². The summed E-state index contributed by atoms with van der Waals surface area (Å²) in [6, 6.07) is 17.8. The Hall–Kier alpha value is -3.42. The topological polar surface area (TPSA) is 120 Å². The zero-order chi connectivity index (χ0) is 23.1. The van der Waals surface area contributed by atoms with Gasteiger partial charge in [-0.25, -0.2) is 4.98 Å². The highest BCUT2D eigenvalue weighted by atomic mass is 16.3. The van der Waals surface area contributed by atoms with Crippen LogP contribution in [-0.4, -0.2) is 33.2 Å². The molecule has 3 aromatic rings. The summed E-state index contributed by atoms with van der Waals surface area (Å²) in [6.45, 7) is 4.71. The van der Waals surface area contributed by atoms with Crippen molar-refractivity contribution in [1.29, 1.82) is 0 Å². The van der Waals surface area contributed by atoms with Crippen LogP contribution in [0.4, 0.5) is 5.82 Å². The van der Waals surface area contributed by atoms with Crippen LogP contribution in [-0.2, 0) is 13.0 Å². The number of amides is 1. The molecule has 1 aromatic heterocycles. The van der Waals surface area contributed by atoms with Crippen molar-refractivity contribution in [1.82, 2.24) is 15.6 Å². The van der Waals surface area contributed by atoms with Crippen LogP contribution in [0.3, 0.4) is 0 Å². The maximum absolute atomic E-state index is 12.6. The molecule has 0 aliphatic heterocycles. The number of hydrogen-bond acceptors (Lipinski definition) is 6. The Kier molecular flexibility index (Phi) is 7.45. The predicted molar refractivity (Wildman–Crippen MR) is 125 cm³/mol. The first kappa shape index (κ1) is 23.2. The number of nitrogens with zero attached hydrogens (tertiary/aromatic N) is 1. The summed E-state index contributed by atoms with van der Waals surface area (Å²) < 4.78 is 0. The van der Waals surface area contributed by atoms with E-state index in [0.717, 1.165) is 5.56 Å². The molecule has 0 radical (unpaired) electrons. The van der Waals surface area contributed by atoms with Gasteiger partial charge in [0.25, 0.3) is 5.91 Å². The van der Waals surface area contributed by atoms with E-state index in [1.807, 2.05) is 38.1 Å². The number of aliphatic hydroxyl groups is 1. The summed E-state index contributed by atoms with van der Waals surface area (Å²) in [7, 11) is 0. The number of phenolic OH excluding ortho intramolecular Hbond substituents is 1. The zero-order valence-corrected chi connectivity index (χ0v) is 18.4. The Bertz CT molecular complexity index is 1050. The zero-order valence-electron chi connectivity index (χ0n) is 18.4. The number of nitrogens with two attached hydrogens (primary N) is 1. The van der Waals surface area contributed by atoms with Crippen molar-refractivity contribution in [3.05, 3.63) is 89.1 Å². The molecule has 32 heavy (non-hydrogen) atoms. The number of pyridine rings is 1. The smallest absolute Gasteiger partial charge is 0.251 e. The first-order valence-electron chi connectivity index (χ1n) is 10.5. The Labute approximate surface area is 188 Å². The number of aromatic hydroxyl groups is 1. The summed E-state index contributed by atoms with van der Waals surface area (Å²) in [4.78, 5) is 16.6. The number of nitrogens with one attached hydrogen (secondary N) is 2. The Morgan fingerprint density at radius 3 is 2.62 bits per heavy atom. The number of β-amino-alcohol motifs (C(OH)–C–C–N with tert-alkyl or cyclic N) is 1. The van der Waals surface area contributed by atoms with Crippen molar-refractivity contribution < 1.29 is 15.0 Å². The van der Waals surface area contributed by atoms with E-state index in [0.29, 0.717) is 35.5 Å². The lowest BCUT2D eigenvalue weighted by Crippen LogP contribution is -2.43. The summed E-state index contributed by atoms with van der Waals surface area (Å²) in [6.07, 6.45) is 1.54. The van der Waals surface area contributed by atoms with Crippen molar-refractivity contribution in [3.63, 3.8) is 0 Å². The van der Waals surface area contributed by atoms with Crippen LogP contribution in [0, 0.1) is 0 Å². The number of anilines is 1. The summed E-state index contributed by atoms with van der Waals surface area (Å²) in [5.74, 6) is 0.372. The third-order valence-electron chi connectivity index (χ3n) is 5.23. The quantitative estimate of drug-likeness (QED) is 0.353. The lowest BCUT2D eigenvalue weighted by atomic mass is 9.93. The van der Waals surface area contributed by atoms with Crippen molar-refractivity contribution in [2.45, 2.75) is 38.5 Å². The molecule has 3 rings (SSSR count). The molecule has 7 nitrogen and oxygen atoms in total. The molecular formula is C25H30N4O3. The fraction of sp³-hybridized carbons (Fsp3) is 0.280. The molecule has 0 saturated carbocycles. The fourth-order valence-corrected chi connectivity index (χ4v) is 3.44. The molecule has 0 aliphatic rings. The van der Waals surface area contributed by atoms with Crippen LogP contribution in [0.2, 0.25) is 0 Å². The molecule has 2 aromatic carbocycles. The molecule has 0 bridgehead atoms. The van der Waals surface area contributed by atoms with Crippen molar-refractivity contribution >= 4 is 11.7 Å². The van der Waals surface area contributed by atoms with Crippen LogP contribution in [0.15, 0.2) is 66.9 Å². The van der Waals surface area contributed by atoms with Gasteiger partial charge in [0.05, 0.1) is 6.10 Å². The van der Waals surface area contributed by atoms with Gasteiger partial charge in [0.1, 0.15) is 11.6 Å². The molecular weight excluding hydrogens is 404 g/mol. The number of rotatable bonds is 9. The molecule has 0 saturated heterocycles. The van der Waals surface area contributed by atoms with Gasteiger partial charge in [0, 0.05) is 41.5 Å². The van der Waals surface area contributed by atoms with Gasteiger partial charge in [0.2, 0.25) is 0 Å². The highest BCUT2D eigenvalue weighted by Gasteiger charge is 2.20. The van der Waals surface area contributed by atoms with E-state index in [2.05, 4.69) is 15.6 Å². The molecule has 6 N–H and O–H groups in total. The largest absolute Gasteiger partial charge is 0.508 e. The van der Waals surface area contributed by atoms with Crippen LogP contribution in [0.1, 0.15) is 47.0 Å². The minimum atomic E-state index is -0.700. The number of carbonyl (C=O) groups excluding carboxylic acids is 1.